The van der Waals surface area contributed by atoms with Crippen molar-refractivity contribution in [2.75, 3.05) is 0 Å². The minimum absolute atomic E-state index is 0.457. The van der Waals surface area contributed by atoms with Crippen molar-refractivity contribution in [1.29, 1.82) is 0 Å². The van der Waals surface area contributed by atoms with Gasteiger partial charge in [0.15, 0.2) is 0 Å². The second-order valence-electron chi connectivity index (χ2n) is 5.38. The number of rotatable bonds is 10. The van der Waals surface area contributed by atoms with E-state index in [-0.39, 0.29) is 0 Å². The molecule has 22 heteroatoms. The second-order valence-corrected chi connectivity index (χ2v) is 54.6. The average Bonchev–Trinajstić information content (AvgIpc) is 2.48. The predicted octanol–water partition coefficient (Wildman–Crippen LogP) is 11.9. The summed E-state index contributed by atoms with van der Waals surface area (Å²) in [5.41, 5.74) is 1.37. The van der Waals surface area contributed by atoms with Gasteiger partial charge < -0.3 is 0 Å². The molecule has 184 valence electrons. The Morgan fingerprint density at radius 2 is 0.800 bits per heavy atom. The summed E-state index contributed by atoms with van der Waals surface area (Å²) in [5.74, 6) is 0. The Kier molecular flexibility index (Phi) is 25.3. The zero-order chi connectivity index (χ0) is 25.0. The molecule has 0 nitrogen and oxygen atoms in total. The van der Waals surface area contributed by atoms with Crippen LogP contribution in [-0.4, -0.2) is 38.1 Å². The molecule has 0 aliphatic carbocycles. The summed E-state index contributed by atoms with van der Waals surface area (Å²) < 4.78 is 0. The van der Waals surface area contributed by atoms with Gasteiger partial charge in [-0.2, -0.15) is 22.2 Å². The molecule has 0 N–H and O–H groups in total. The van der Waals surface area contributed by atoms with Crippen molar-refractivity contribution >= 4 is 215 Å². The minimum Gasteiger partial charge on any atom is -0.150 e. The maximum absolute atomic E-state index is 6.15. The molecule has 30 heavy (non-hydrogen) atoms. The van der Waals surface area contributed by atoms with Gasteiger partial charge in [0.25, 0.3) is 6.69 Å². The van der Waals surface area contributed by atoms with Crippen molar-refractivity contribution in [3.05, 3.63) is 12.3 Å². The molecule has 0 aromatic rings. The molecule has 0 fully saturated rings. The second kappa shape index (κ2) is 18.9. The van der Waals surface area contributed by atoms with Crippen LogP contribution in [0.25, 0.3) is 0 Å². The molecule has 0 amide bonds. The fourth-order valence-corrected chi connectivity index (χ4v) is 22.1. The minimum atomic E-state index is -2.65. The van der Waals surface area contributed by atoms with E-state index in [1.165, 1.54) is 5.70 Å². The third-order valence-corrected chi connectivity index (χ3v) is 19.7. The van der Waals surface area contributed by atoms with Crippen molar-refractivity contribution in [2.45, 2.75) is 36.3 Å². The van der Waals surface area contributed by atoms with Gasteiger partial charge in [0.2, 0.25) is 7.42 Å². The highest BCUT2D eigenvalue weighted by molar-refractivity contribution is 7.67. The van der Waals surface area contributed by atoms with E-state index in [2.05, 4.69) is 6.58 Å². The summed E-state index contributed by atoms with van der Waals surface area (Å²) >= 11 is 90.2. The Bertz CT molecular complexity index is 431. The summed E-state index contributed by atoms with van der Waals surface area (Å²) in [7, 11) is -1.54. The van der Waals surface area contributed by atoms with Crippen molar-refractivity contribution in [1.82, 2.24) is 0 Å². The van der Waals surface area contributed by atoms with E-state index in [1.807, 2.05) is 0 Å². The fraction of sp³-hybridized carbons (Fsp3) is 0.750. The summed E-state index contributed by atoms with van der Waals surface area (Å²) in [5, 5.41) is 0. The van der Waals surface area contributed by atoms with Crippen LogP contribution in [0.2, 0.25) is 36.3 Å². The van der Waals surface area contributed by atoms with Gasteiger partial charge in [-0.25, -0.2) is 0 Å². The standard InChI is InChI=1S/C4H8Cl8Si3.C2H5Cl5Si2.C2H3Cl3Si/c5-13(6,1-3-14(7,8)9)2-4-15(10,11)12;3-8(4)1-2-9(5,6)7;1-2-6(3,4)5/h1-4H2;8H,1-2H2;2H,1H2. The van der Waals surface area contributed by atoms with Crippen molar-refractivity contribution in [2.24, 2.45) is 0 Å². The Morgan fingerprint density at radius 1 is 0.533 bits per heavy atom. The molecular formula is C8H16Cl16Si6. The largest absolute Gasteiger partial charge is 0.365 e. The maximum atomic E-state index is 6.15. The van der Waals surface area contributed by atoms with Gasteiger partial charge in [-0.15, -0.1) is 162 Å². The van der Waals surface area contributed by atoms with Crippen molar-refractivity contribution in [3.63, 3.8) is 0 Å². The van der Waals surface area contributed by atoms with E-state index >= 15 is 0 Å². The van der Waals surface area contributed by atoms with Crippen LogP contribution >= 0.6 is 177 Å². The van der Waals surface area contributed by atoms with Crippen molar-refractivity contribution < 1.29 is 0 Å². The molecule has 0 bridgehead atoms. The van der Waals surface area contributed by atoms with Crippen LogP contribution in [0.1, 0.15) is 0 Å². The zero-order valence-electron chi connectivity index (χ0n) is 14.7. The number of hydrogen-bond donors (Lipinski definition) is 0. The number of hydrogen-bond acceptors (Lipinski definition) is 0. The van der Waals surface area contributed by atoms with Gasteiger partial charge in [-0.05, 0) is 36.3 Å². The van der Waals surface area contributed by atoms with Gasteiger partial charge in [0.05, 0.1) is 0 Å². The van der Waals surface area contributed by atoms with Crippen LogP contribution < -0.4 is 0 Å². The van der Waals surface area contributed by atoms with Crippen LogP contribution in [0.4, 0.5) is 0 Å². The smallest absolute Gasteiger partial charge is 0.150 e. The molecule has 0 aliphatic heterocycles. The van der Waals surface area contributed by atoms with E-state index in [0.29, 0.717) is 36.3 Å². The summed E-state index contributed by atoms with van der Waals surface area (Å²) in [6.07, 6.45) is 0. The van der Waals surface area contributed by atoms with Gasteiger partial charge >= 0.3 is 24.0 Å². The first-order valence-electron chi connectivity index (χ1n) is 7.46. The topological polar surface area (TPSA) is 0 Å². The first kappa shape index (κ1) is 40.2. The van der Waals surface area contributed by atoms with Crippen LogP contribution in [0.3, 0.4) is 0 Å². The lowest BCUT2D eigenvalue weighted by molar-refractivity contribution is 1.31. The zero-order valence-corrected chi connectivity index (χ0v) is 32.9. The highest BCUT2D eigenvalue weighted by Gasteiger charge is 2.37. The summed E-state index contributed by atoms with van der Waals surface area (Å²) in [6, 6.07) is -6.91. The first-order chi connectivity index (χ1) is 12.9. The molecule has 0 radical (unpaired) electrons. The molecular weight excluding hydrogens is 832 g/mol. The van der Waals surface area contributed by atoms with E-state index in [4.69, 9.17) is 177 Å². The lowest BCUT2D eigenvalue weighted by atomic mass is 10.9. The molecule has 0 atom stereocenters. The lowest BCUT2D eigenvalue weighted by Gasteiger charge is -2.19. The number of halogens is 16. The summed E-state index contributed by atoms with van der Waals surface area (Å²) in [4.78, 5) is 0. The van der Waals surface area contributed by atoms with Gasteiger partial charge in [0, 0.05) is 0 Å². The van der Waals surface area contributed by atoms with Crippen LogP contribution in [0, 0.1) is 0 Å². The SMILES string of the molecule is C=C[Si](Cl)(Cl)Cl.Cl[SiH](Cl)CC[Si](Cl)(Cl)Cl.Cl[Si](Cl)(Cl)CC[Si](Cl)(Cl)CC[Si](Cl)(Cl)Cl. The molecule has 0 heterocycles. The van der Waals surface area contributed by atoms with Crippen LogP contribution in [-0.2, 0) is 0 Å². The van der Waals surface area contributed by atoms with E-state index < -0.39 is 38.1 Å². The van der Waals surface area contributed by atoms with Crippen LogP contribution in [0.5, 0.6) is 0 Å². The fourth-order valence-electron chi connectivity index (χ4n) is 1.05. The summed E-state index contributed by atoms with van der Waals surface area (Å²) in [6.45, 7) is 0.882. The third kappa shape index (κ3) is 43.7. The Morgan fingerprint density at radius 3 is 0.933 bits per heavy atom. The lowest BCUT2D eigenvalue weighted by Crippen LogP contribution is -2.25. The molecule has 0 unspecified atom stereocenters. The highest BCUT2D eigenvalue weighted by atomic mass is 35.9. The van der Waals surface area contributed by atoms with Gasteiger partial charge in [-0.3, -0.25) is 0 Å². The molecule has 0 aromatic heterocycles. The molecule has 0 spiro atoms. The van der Waals surface area contributed by atoms with Crippen LogP contribution in [0.15, 0.2) is 12.3 Å². The highest BCUT2D eigenvalue weighted by Crippen LogP contribution is 2.39. The van der Waals surface area contributed by atoms with E-state index in [0.717, 1.165) is 0 Å². The normalized spacial score (nSPS) is 13.2. The maximum Gasteiger partial charge on any atom is 0.365 e. The average molecular weight is 848 g/mol. The van der Waals surface area contributed by atoms with E-state index in [9.17, 15) is 0 Å². The Hall–Kier alpha value is 5.68. The monoisotopic (exact) mass is 839 g/mol. The molecule has 0 saturated heterocycles. The third-order valence-electron chi connectivity index (χ3n) is 2.43. The first-order valence-corrected chi connectivity index (χ1v) is 37.0. The molecule has 0 aromatic carbocycles. The van der Waals surface area contributed by atoms with E-state index in [1.54, 1.807) is 0 Å². The van der Waals surface area contributed by atoms with Gasteiger partial charge in [-0.1, -0.05) is 5.70 Å². The van der Waals surface area contributed by atoms with Crippen molar-refractivity contribution in [3.8, 4) is 0 Å². The Balaban J connectivity index is -0.000000411. The molecule has 0 saturated carbocycles. The molecule has 0 aliphatic rings. The quantitative estimate of drug-likeness (QED) is 0.152. The predicted molar refractivity (Wildman–Crippen MR) is 169 cm³/mol. The Labute approximate surface area is 260 Å². The van der Waals surface area contributed by atoms with Gasteiger partial charge in [0.1, 0.15) is 0 Å². The molecule has 0 rings (SSSR count).